The Kier molecular flexibility index (Phi) is 9.51. The van der Waals surface area contributed by atoms with Crippen LogP contribution in [0.15, 0.2) is 60.8 Å². The van der Waals surface area contributed by atoms with E-state index in [0.29, 0.717) is 23.3 Å². The van der Waals surface area contributed by atoms with Crippen LogP contribution in [0.25, 0.3) is 0 Å². The Morgan fingerprint density at radius 2 is 1.62 bits per heavy atom. The van der Waals surface area contributed by atoms with Gasteiger partial charge in [0.1, 0.15) is 11.6 Å². The van der Waals surface area contributed by atoms with Crippen LogP contribution in [-0.2, 0) is 22.6 Å². The Balaban J connectivity index is 1.87. The molecule has 0 saturated heterocycles. The average molecular weight is 554 g/mol. The van der Waals surface area contributed by atoms with Gasteiger partial charge in [-0.25, -0.2) is 18.2 Å². The zero-order valence-corrected chi connectivity index (χ0v) is 20.3. The first kappa shape index (κ1) is 29.4. The van der Waals surface area contributed by atoms with E-state index in [2.05, 4.69) is 10.3 Å². The van der Waals surface area contributed by atoms with Crippen molar-refractivity contribution in [1.82, 2.24) is 15.2 Å². The van der Waals surface area contributed by atoms with Crippen molar-refractivity contribution in [1.29, 1.82) is 0 Å². The summed E-state index contributed by atoms with van der Waals surface area (Å²) < 4.78 is 81.1. The van der Waals surface area contributed by atoms with Gasteiger partial charge >= 0.3 is 12.1 Å². The number of hydrogen-bond donors (Lipinski definition) is 3. The first-order valence-corrected chi connectivity index (χ1v) is 11.5. The molecular formula is C26H24F6N4O3. The number of nitrogens with two attached hydrogens (primary N) is 1. The van der Waals surface area contributed by atoms with Crippen LogP contribution in [0, 0.1) is 17.5 Å². The van der Waals surface area contributed by atoms with Crippen LogP contribution in [0.2, 0.25) is 0 Å². The number of halogens is 6. The Morgan fingerprint density at radius 1 is 0.949 bits per heavy atom. The van der Waals surface area contributed by atoms with Crippen molar-refractivity contribution in [2.75, 3.05) is 18.8 Å². The standard InChI is InChI=1S/C26H24F6N4O3/c27-18-5-1-15(2-6-18)9-19(37)13-36(25(39)26(30,31)32)14-20(17-4-7-21(28)22(29)10-17)24(38)35-12-16-3-8-23(33)34-11-16/h1-8,10-11,19-20,37H,9,12-14H2,(H2,33,34)(H,35,38)/t19-,20+/m1/s1. The van der Waals surface area contributed by atoms with Gasteiger partial charge in [-0.2, -0.15) is 13.2 Å². The molecule has 7 nitrogen and oxygen atoms in total. The first-order valence-electron chi connectivity index (χ1n) is 11.5. The van der Waals surface area contributed by atoms with E-state index in [9.17, 15) is 41.0 Å². The number of nitrogens with one attached hydrogen (secondary N) is 1. The van der Waals surface area contributed by atoms with E-state index in [1.807, 2.05) is 0 Å². The zero-order chi connectivity index (χ0) is 28.7. The maximum absolute atomic E-state index is 14.0. The van der Waals surface area contributed by atoms with Gasteiger partial charge in [0, 0.05) is 32.3 Å². The number of rotatable bonds is 10. The molecule has 208 valence electrons. The summed E-state index contributed by atoms with van der Waals surface area (Å²) in [6.07, 6.45) is -5.77. The quantitative estimate of drug-likeness (QED) is 0.333. The number of nitrogens with zero attached hydrogens (tertiary/aromatic N) is 2. The predicted molar refractivity (Wildman–Crippen MR) is 128 cm³/mol. The molecule has 1 aromatic heterocycles. The summed E-state index contributed by atoms with van der Waals surface area (Å²) >= 11 is 0. The van der Waals surface area contributed by atoms with Crippen LogP contribution in [0.3, 0.4) is 0 Å². The van der Waals surface area contributed by atoms with E-state index in [0.717, 1.165) is 18.2 Å². The number of benzene rings is 2. The lowest BCUT2D eigenvalue weighted by atomic mass is 9.96. The van der Waals surface area contributed by atoms with E-state index in [4.69, 9.17) is 5.73 Å². The van der Waals surface area contributed by atoms with Gasteiger partial charge in [-0.05, 0) is 47.0 Å². The molecule has 3 aromatic rings. The van der Waals surface area contributed by atoms with E-state index < -0.39 is 60.6 Å². The van der Waals surface area contributed by atoms with Crippen molar-refractivity contribution in [3.8, 4) is 0 Å². The Morgan fingerprint density at radius 3 is 2.21 bits per heavy atom. The number of aliphatic hydroxyl groups is 1. The Labute approximate surface area is 219 Å². The van der Waals surface area contributed by atoms with Gasteiger partial charge in [0.25, 0.3) is 0 Å². The fraction of sp³-hybridized carbons (Fsp3) is 0.269. The summed E-state index contributed by atoms with van der Waals surface area (Å²) in [5.74, 6) is -7.76. The minimum Gasteiger partial charge on any atom is -0.391 e. The van der Waals surface area contributed by atoms with Gasteiger partial charge < -0.3 is 21.1 Å². The summed E-state index contributed by atoms with van der Waals surface area (Å²) in [5, 5.41) is 12.9. The molecule has 0 radical (unpaired) electrons. The topological polar surface area (TPSA) is 109 Å². The number of carbonyl (C=O) groups is 2. The Hall–Kier alpha value is -4.13. The minimum absolute atomic E-state index is 0.132. The number of carbonyl (C=O) groups excluding carboxylic acids is 2. The summed E-state index contributed by atoms with van der Waals surface area (Å²) in [6.45, 7) is -1.91. The number of aliphatic hydroxyl groups excluding tert-OH is 1. The lowest BCUT2D eigenvalue weighted by Crippen LogP contribution is -2.48. The number of hydrogen-bond acceptors (Lipinski definition) is 5. The third-order valence-electron chi connectivity index (χ3n) is 5.73. The number of nitrogen functional groups attached to an aromatic ring is 1. The SMILES string of the molecule is Nc1ccc(CNC(=O)[C@@H](CN(C[C@H](O)Cc2ccc(F)cc2)C(=O)C(F)(F)F)c2ccc(F)c(F)c2)cn1. The fourth-order valence-electron chi connectivity index (χ4n) is 3.77. The van der Waals surface area contributed by atoms with Gasteiger partial charge in [0.05, 0.1) is 12.0 Å². The molecule has 39 heavy (non-hydrogen) atoms. The second-order valence-electron chi connectivity index (χ2n) is 8.73. The first-order chi connectivity index (χ1) is 18.3. The van der Waals surface area contributed by atoms with E-state index in [-0.39, 0.29) is 29.2 Å². The molecule has 0 bridgehead atoms. The van der Waals surface area contributed by atoms with Crippen LogP contribution in [0.1, 0.15) is 22.6 Å². The largest absolute Gasteiger partial charge is 0.471 e. The predicted octanol–water partition coefficient (Wildman–Crippen LogP) is 3.48. The monoisotopic (exact) mass is 554 g/mol. The molecule has 2 amide bonds. The number of pyridine rings is 1. The molecule has 0 aliphatic rings. The summed E-state index contributed by atoms with van der Waals surface area (Å²) in [4.78, 5) is 29.5. The van der Waals surface area contributed by atoms with Crippen molar-refractivity contribution < 1.29 is 41.0 Å². The average Bonchev–Trinajstić information content (AvgIpc) is 2.88. The Bertz CT molecular complexity index is 1290. The summed E-state index contributed by atoms with van der Waals surface area (Å²) in [5.41, 5.74) is 6.19. The van der Waals surface area contributed by atoms with Crippen LogP contribution in [0.4, 0.5) is 32.2 Å². The molecular weight excluding hydrogens is 530 g/mol. The summed E-state index contributed by atoms with van der Waals surface area (Å²) in [6, 6.07) is 10.2. The van der Waals surface area contributed by atoms with E-state index in [1.54, 1.807) is 6.07 Å². The molecule has 1 heterocycles. The number of amides is 2. The third kappa shape index (κ3) is 8.43. The molecule has 0 aliphatic carbocycles. The molecule has 2 aromatic carbocycles. The lowest BCUT2D eigenvalue weighted by molar-refractivity contribution is -0.187. The second kappa shape index (κ2) is 12.6. The van der Waals surface area contributed by atoms with Crippen molar-refractivity contribution in [3.05, 3.63) is 94.9 Å². The van der Waals surface area contributed by atoms with Crippen LogP contribution in [-0.4, -0.2) is 52.2 Å². The molecule has 0 aliphatic heterocycles. The van der Waals surface area contributed by atoms with Crippen molar-refractivity contribution >= 4 is 17.6 Å². The van der Waals surface area contributed by atoms with Crippen molar-refractivity contribution in [2.45, 2.75) is 31.2 Å². The third-order valence-corrected chi connectivity index (χ3v) is 5.73. The lowest BCUT2D eigenvalue weighted by Gasteiger charge is -2.30. The van der Waals surface area contributed by atoms with E-state index in [1.165, 1.54) is 24.4 Å². The molecule has 2 atom stereocenters. The second-order valence-corrected chi connectivity index (χ2v) is 8.73. The normalized spacial score (nSPS) is 13.0. The molecule has 4 N–H and O–H groups in total. The van der Waals surface area contributed by atoms with Crippen molar-refractivity contribution in [2.24, 2.45) is 0 Å². The van der Waals surface area contributed by atoms with Crippen LogP contribution < -0.4 is 11.1 Å². The number of anilines is 1. The van der Waals surface area contributed by atoms with Gasteiger partial charge in [-0.1, -0.05) is 24.3 Å². The molecule has 0 unspecified atom stereocenters. The molecule has 13 heteroatoms. The highest BCUT2D eigenvalue weighted by atomic mass is 19.4. The van der Waals surface area contributed by atoms with Gasteiger partial charge in [-0.15, -0.1) is 0 Å². The maximum Gasteiger partial charge on any atom is 0.471 e. The van der Waals surface area contributed by atoms with E-state index >= 15 is 0 Å². The molecule has 0 saturated carbocycles. The van der Waals surface area contributed by atoms with Gasteiger partial charge in [0.2, 0.25) is 5.91 Å². The highest BCUT2D eigenvalue weighted by Crippen LogP contribution is 2.25. The van der Waals surface area contributed by atoms with Crippen LogP contribution in [0.5, 0.6) is 0 Å². The fourth-order valence-corrected chi connectivity index (χ4v) is 3.77. The minimum atomic E-state index is -5.36. The maximum atomic E-state index is 14.0. The highest BCUT2D eigenvalue weighted by Gasteiger charge is 2.44. The zero-order valence-electron chi connectivity index (χ0n) is 20.3. The molecule has 0 spiro atoms. The van der Waals surface area contributed by atoms with Gasteiger partial charge in [-0.3, -0.25) is 9.59 Å². The number of aromatic nitrogens is 1. The van der Waals surface area contributed by atoms with Gasteiger partial charge in [0.15, 0.2) is 11.6 Å². The van der Waals surface area contributed by atoms with Crippen LogP contribution >= 0.6 is 0 Å². The van der Waals surface area contributed by atoms with Crippen molar-refractivity contribution in [3.63, 3.8) is 0 Å². The smallest absolute Gasteiger partial charge is 0.391 e. The number of alkyl halides is 3. The highest BCUT2D eigenvalue weighted by molar-refractivity contribution is 5.86. The molecule has 3 rings (SSSR count). The summed E-state index contributed by atoms with van der Waals surface area (Å²) in [7, 11) is 0. The molecule has 0 fully saturated rings.